The van der Waals surface area contributed by atoms with Crippen LogP contribution in [0.15, 0.2) is 114 Å². The molecule has 0 radical (unpaired) electrons. The van der Waals surface area contributed by atoms with Crippen molar-refractivity contribution < 1.29 is 4.79 Å². The van der Waals surface area contributed by atoms with Gasteiger partial charge in [-0.25, -0.2) is 0 Å². The second kappa shape index (κ2) is 9.63. The predicted octanol–water partition coefficient (Wildman–Crippen LogP) is 8.42. The molecule has 0 fully saturated rings. The third-order valence-electron chi connectivity index (χ3n) is 6.45. The summed E-state index contributed by atoms with van der Waals surface area (Å²) in [5.74, 6) is -0.715. The lowest BCUT2D eigenvalue weighted by molar-refractivity contribution is 0.0972. The van der Waals surface area contributed by atoms with Gasteiger partial charge in [-0.15, -0.1) is 0 Å². The molecule has 2 nitrogen and oxygen atoms in total. The Morgan fingerprint density at radius 2 is 1.47 bits per heavy atom. The third-order valence-corrected chi connectivity index (χ3v) is 6.95. The first-order valence-corrected chi connectivity index (χ1v) is 12.1. The number of carbonyl (C=O) groups is 1. The molecule has 2 atom stereocenters. The maximum atomic E-state index is 13.6. The summed E-state index contributed by atoms with van der Waals surface area (Å²) in [6.45, 7) is 0. The summed E-state index contributed by atoms with van der Waals surface area (Å²) < 4.78 is 0.933. The van der Waals surface area contributed by atoms with Crippen LogP contribution in [0.25, 0.3) is 21.5 Å². The molecule has 0 aliphatic carbocycles. The SMILES string of the molecule is N#C[C@H](c1cccc2ccccc12)[C@@H](CC(=O)c1ccc2ccccc2c1)c1cccc(Br)c1. The molecule has 164 valence electrons. The summed E-state index contributed by atoms with van der Waals surface area (Å²) >= 11 is 3.57. The van der Waals surface area contributed by atoms with Gasteiger partial charge >= 0.3 is 0 Å². The summed E-state index contributed by atoms with van der Waals surface area (Å²) in [6.07, 6.45) is 0.246. The fourth-order valence-electron chi connectivity index (χ4n) is 4.74. The van der Waals surface area contributed by atoms with Crippen molar-refractivity contribution in [3.63, 3.8) is 0 Å². The molecule has 5 aromatic carbocycles. The van der Waals surface area contributed by atoms with Gasteiger partial charge in [0.2, 0.25) is 0 Å². The van der Waals surface area contributed by atoms with Crippen molar-refractivity contribution in [2.24, 2.45) is 0 Å². The highest BCUT2D eigenvalue weighted by molar-refractivity contribution is 9.10. The number of fused-ring (bicyclic) bond motifs is 2. The lowest BCUT2D eigenvalue weighted by Crippen LogP contribution is -2.15. The molecule has 0 saturated heterocycles. The van der Waals surface area contributed by atoms with Crippen molar-refractivity contribution in [2.75, 3.05) is 0 Å². The first-order valence-electron chi connectivity index (χ1n) is 11.3. The Balaban J connectivity index is 1.58. The van der Waals surface area contributed by atoms with Gasteiger partial charge in [0.25, 0.3) is 0 Å². The molecule has 3 heteroatoms. The van der Waals surface area contributed by atoms with Crippen molar-refractivity contribution in [2.45, 2.75) is 18.3 Å². The highest BCUT2D eigenvalue weighted by atomic mass is 79.9. The second-order valence-corrected chi connectivity index (χ2v) is 9.44. The highest BCUT2D eigenvalue weighted by Gasteiger charge is 2.29. The van der Waals surface area contributed by atoms with E-state index in [9.17, 15) is 10.1 Å². The number of nitriles is 1. The van der Waals surface area contributed by atoms with Crippen LogP contribution in [0.3, 0.4) is 0 Å². The van der Waals surface area contributed by atoms with E-state index in [1.807, 2.05) is 91.0 Å². The normalized spacial score (nSPS) is 12.8. The largest absolute Gasteiger partial charge is 0.294 e. The van der Waals surface area contributed by atoms with E-state index in [-0.39, 0.29) is 18.1 Å². The van der Waals surface area contributed by atoms with E-state index < -0.39 is 5.92 Å². The predicted molar refractivity (Wildman–Crippen MR) is 142 cm³/mol. The van der Waals surface area contributed by atoms with Gasteiger partial charge in [-0.05, 0) is 50.9 Å². The number of Topliss-reactive ketones (excluding diaryl/α,β-unsaturated/α-hetero) is 1. The van der Waals surface area contributed by atoms with Gasteiger partial charge in [-0.2, -0.15) is 5.26 Å². The Bertz CT molecular complexity index is 1540. The number of carbonyl (C=O) groups excluding carboxylic acids is 1. The lowest BCUT2D eigenvalue weighted by atomic mass is 9.77. The highest BCUT2D eigenvalue weighted by Crippen LogP contribution is 2.40. The number of ketones is 1. The van der Waals surface area contributed by atoms with Crippen LogP contribution in [-0.2, 0) is 0 Å². The first kappa shape index (κ1) is 22.1. The van der Waals surface area contributed by atoms with E-state index in [0.717, 1.165) is 37.1 Å². The van der Waals surface area contributed by atoms with Gasteiger partial charge in [-0.1, -0.05) is 107 Å². The number of rotatable bonds is 6. The molecule has 0 spiro atoms. The zero-order valence-electron chi connectivity index (χ0n) is 18.5. The van der Waals surface area contributed by atoms with Gasteiger partial charge < -0.3 is 0 Å². The fourth-order valence-corrected chi connectivity index (χ4v) is 5.16. The average molecular weight is 504 g/mol. The zero-order chi connectivity index (χ0) is 23.5. The average Bonchev–Trinajstić information content (AvgIpc) is 2.88. The Morgan fingerprint density at radius 1 is 0.765 bits per heavy atom. The summed E-state index contributed by atoms with van der Waals surface area (Å²) in [7, 11) is 0. The summed E-state index contributed by atoms with van der Waals surface area (Å²) in [5, 5.41) is 14.7. The van der Waals surface area contributed by atoms with Gasteiger partial charge in [0, 0.05) is 22.4 Å². The molecular weight excluding hydrogens is 482 g/mol. The van der Waals surface area contributed by atoms with E-state index in [4.69, 9.17) is 0 Å². The Hall–Kier alpha value is -3.74. The van der Waals surface area contributed by atoms with E-state index in [0.29, 0.717) is 5.56 Å². The van der Waals surface area contributed by atoms with Crippen LogP contribution >= 0.6 is 15.9 Å². The second-order valence-electron chi connectivity index (χ2n) is 8.53. The first-order chi connectivity index (χ1) is 16.6. The minimum absolute atomic E-state index is 0.0382. The van der Waals surface area contributed by atoms with E-state index in [2.05, 4.69) is 40.2 Å². The smallest absolute Gasteiger partial charge is 0.163 e. The third kappa shape index (κ3) is 4.38. The van der Waals surface area contributed by atoms with Crippen LogP contribution in [0.1, 0.15) is 39.7 Å². The topological polar surface area (TPSA) is 40.9 Å². The summed E-state index contributed by atoms with van der Waals surface area (Å²) in [6, 6.07) is 38.5. The fraction of sp³-hybridized carbons (Fsp3) is 0.0968. The molecule has 5 aromatic rings. The van der Waals surface area contributed by atoms with E-state index >= 15 is 0 Å². The standard InChI is InChI=1S/C31H22BrNO/c32-26-12-5-11-24(18-26)29(19-31(34)25-16-15-21-7-1-2-9-23(21)17-25)30(20-33)28-14-6-10-22-8-3-4-13-27(22)28/h1-18,29-30H,19H2/t29-,30+/m0/s1. The van der Waals surface area contributed by atoms with Gasteiger partial charge in [0.15, 0.2) is 5.78 Å². The molecule has 0 bridgehead atoms. The van der Waals surface area contributed by atoms with E-state index in [1.165, 1.54) is 0 Å². The van der Waals surface area contributed by atoms with Gasteiger partial charge in [0.05, 0.1) is 12.0 Å². The minimum Gasteiger partial charge on any atom is -0.294 e. The van der Waals surface area contributed by atoms with Crippen molar-refractivity contribution in [1.29, 1.82) is 5.26 Å². The maximum Gasteiger partial charge on any atom is 0.163 e. The molecule has 0 amide bonds. The quantitative estimate of drug-likeness (QED) is 0.218. The molecule has 0 N–H and O–H groups in total. The number of benzene rings is 5. The van der Waals surface area contributed by atoms with Crippen molar-refractivity contribution in [3.05, 3.63) is 130 Å². The molecule has 0 aromatic heterocycles. The molecule has 34 heavy (non-hydrogen) atoms. The maximum absolute atomic E-state index is 13.6. The van der Waals surface area contributed by atoms with Crippen LogP contribution in [0.2, 0.25) is 0 Å². The van der Waals surface area contributed by atoms with Crippen molar-refractivity contribution in [3.8, 4) is 6.07 Å². The Kier molecular flexibility index (Phi) is 6.25. The summed E-state index contributed by atoms with van der Waals surface area (Å²) in [5.41, 5.74) is 2.60. The lowest BCUT2D eigenvalue weighted by Gasteiger charge is -2.24. The molecular formula is C31H22BrNO. The van der Waals surface area contributed by atoms with Crippen LogP contribution in [0, 0.1) is 11.3 Å². The summed E-state index contributed by atoms with van der Waals surface area (Å²) in [4.78, 5) is 13.6. The van der Waals surface area contributed by atoms with Gasteiger partial charge in [0.1, 0.15) is 0 Å². The van der Waals surface area contributed by atoms with Crippen LogP contribution in [0.5, 0.6) is 0 Å². The van der Waals surface area contributed by atoms with Crippen molar-refractivity contribution >= 4 is 43.3 Å². The molecule has 0 aliphatic rings. The Morgan fingerprint density at radius 3 is 2.26 bits per heavy atom. The number of hydrogen-bond donors (Lipinski definition) is 0. The molecule has 0 aliphatic heterocycles. The molecule has 5 rings (SSSR count). The molecule has 0 unspecified atom stereocenters. The number of hydrogen-bond acceptors (Lipinski definition) is 2. The minimum atomic E-state index is -0.468. The number of nitrogens with zero attached hydrogens (tertiary/aromatic N) is 1. The van der Waals surface area contributed by atoms with Crippen LogP contribution < -0.4 is 0 Å². The zero-order valence-corrected chi connectivity index (χ0v) is 20.1. The molecule has 0 saturated carbocycles. The Labute approximate surface area is 207 Å². The van der Waals surface area contributed by atoms with E-state index in [1.54, 1.807) is 0 Å². The monoisotopic (exact) mass is 503 g/mol. The van der Waals surface area contributed by atoms with Gasteiger partial charge in [-0.3, -0.25) is 4.79 Å². The van der Waals surface area contributed by atoms with Crippen LogP contribution in [0.4, 0.5) is 0 Å². The van der Waals surface area contributed by atoms with Crippen LogP contribution in [-0.4, -0.2) is 5.78 Å². The van der Waals surface area contributed by atoms with Crippen molar-refractivity contribution in [1.82, 2.24) is 0 Å². The molecule has 0 heterocycles. The number of halogens is 1.